The normalized spacial score (nSPS) is 22.0. The second kappa shape index (κ2) is 8.82. The van der Waals surface area contributed by atoms with Gasteiger partial charge in [-0.1, -0.05) is 30.3 Å². The summed E-state index contributed by atoms with van der Waals surface area (Å²) in [5, 5.41) is 5.18. The molecule has 2 aliphatic heterocycles. The van der Waals surface area contributed by atoms with Crippen LogP contribution < -0.4 is 10.6 Å². The van der Waals surface area contributed by atoms with E-state index in [0.717, 1.165) is 4.90 Å². The number of urea groups is 1. The molecule has 162 valence electrons. The molecule has 2 aliphatic rings. The predicted molar refractivity (Wildman–Crippen MR) is 107 cm³/mol. The molecule has 0 spiro atoms. The SMILES string of the molecule is CCN1CCN(C(=O)N[C@@H](C(=O)NC2CCS(=O)(=O)C2)c2ccccc2)C(=O)C1=O. The minimum absolute atomic E-state index is 0.00136. The minimum atomic E-state index is -3.19. The lowest BCUT2D eigenvalue weighted by Gasteiger charge is -2.32. The molecule has 11 heteroatoms. The van der Waals surface area contributed by atoms with E-state index in [1.54, 1.807) is 37.3 Å². The Kier molecular flexibility index (Phi) is 6.40. The number of likely N-dealkylation sites (N-methyl/N-ethyl adjacent to an activating group) is 1. The summed E-state index contributed by atoms with van der Waals surface area (Å²) in [5.41, 5.74) is 0.468. The maximum Gasteiger partial charge on any atom is 0.325 e. The van der Waals surface area contributed by atoms with Crippen molar-refractivity contribution < 1.29 is 27.6 Å². The topological polar surface area (TPSA) is 133 Å². The van der Waals surface area contributed by atoms with Crippen molar-refractivity contribution in [2.45, 2.75) is 25.4 Å². The Bertz CT molecular complexity index is 949. The fourth-order valence-corrected chi connectivity index (χ4v) is 5.18. The molecule has 2 N–H and O–H groups in total. The first-order valence-corrected chi connectivity index (χ1v) is 11.5. The number of imide groups is 1. The molecule has 2 fully saturated rings. The number of carbonyl (C=O) groups excluding carboxylic acids is 4. The zero-order valence-electron chi connectivity index (χ0n) is 16.5. The third-order valence-electron chi connectivity index (χ3n) is 5.18. The number of rotatable bonds is 5. The maximum atomic E-state index is 12.9. The van der Waals surface area contributed by atoms with Crippen molar-refractivity contribution in [2.75, 3.05) is 31.1 Å². The van der Waals surface area contributed by atoms with Crippen molar-refractivity contribution in [3.63, 3.8) is 0 Å². The lowest BCUT2D eigenvalue weighted by Crippen LogP contribution is -2.59. The third-order valence-corrected chi connectivity index (χ3v) is 6.95. The minimum Gasteiger partial charge on any atom is -0.350 e. The van der Waals surface area contributed by atoms with Gasteiger partial charge in [0.05, 0.1) is 11.5 Å². The molecule has 5 amide bonds. The van der Waals surface area contributed by atoms with Crippen molar-refractivity contribution in [1.82, 2.24) is 20.4 Å². The van der Waals surface area contributed by atoms with Crippen LogP contribution in [0.25, 0.3) is 0 Å². The van der Waals surface area contributed by atoms with Gasteiger partial charge in [-0.3, -0.25) is 19.3 Å². The van der Waals surface area contributed by atoms with Crippen molar-refractivity contribution in [3.8, 4) is 0 Å². The van der Waals surface area contributed by atoms with Crippen LogP contribution in [0.2, 0.25) is 0 Å². The predicted octanol–water partition coefficient (Wildman–Crippen LogP) is -0.569. The van der Waals surface area contributed by atoms with Crippen molar-refractivity contribution in [1.29, 1.82) is 0 Å². The summed E-state index contributed by atoms with van der Waals surface area (Å²) in [6.45, 7) is 2.34. The lowest BCUT2D eigenvalue weighted by molar-refractivity contribution is -0.153. The smallest absolute Gasteiger partial charge is 0.325 e. The molecule has 0 bridgehead atoms. The maximum absolute atomic E-state index is 12.9. The summed E-state index contributed by atoms with van der Waals surface area (Å²) in [5.74, 6) is -2.45. The quantitative estimate of drug-likeness (QED) is 0.594. The largest absolute Gasteiger partial charge is 0.350 e. The number of carbonyl (C=O) groups is 4. The van der Waals surface area contributed by atoms with E-state index in [9.17, 15) is 27.6 Å². The van der Waals surface area contributed by atoms with E-state index in [0.29, 0.717) is 18.5 Å². The Morgan fingerprint density at radius 2 is 1.83 bits per heavy atom. The number of amides is 5. The standard InChI is InChI=1S/C19H24N4O6S/c1-2-22-9-10-23(18(26)17(22)25)19(27)21-15(13-6-4-3-5-7-13)16(24)20-14-8-11-30(28,29)12-14/h3-7,14-15H,2,8-12H2,1H3,(H,20,24)(H,21,27)/t14?,15-/m1/s1. The highest BCUT2D eigenvalue weighted by atomic mass is 32.2. The zero-order chi connectivity index (χ0) is 21.9. The van der Waals surface area contributed by atoms with Gasteiger partial charge in [0.15, 0.2) is 9.84 Å². The van der Waals surface area contributed by atoms with Crippen LogP contribution in [-0.4, -0.2) is 79.2 Å². The number of nitrogens with zero attached hydrogens (tertiary/aromatic N) is 2. The van der Waals surface area contributed by atoms with Gasteiger partial charge in [0.25, 0.3) is 0 Å². The fraction of sp³-hybridized carbons (Fsp3) is 0.474. The Morgan fingerprint density at radius 1 is 1.13 bits per heavy atom. The van der Waals surface area contributed by atoms with Crippen molar-refractivity contribution in [2.24, 2.45) is 0 Å². The van der Waals surface area contributed by atoms with Gasteiger partial charge in [0.2, 0.25) is 5.91 Å². The van der Waals surface area contributed by atoms with Gasteiger partial charge in [-0.2, -0.15) is 0 Å². The highest BCUT2D eigenvalue weighted by Gasteiger charge is 2.37. The van der Waals surface area contributed by atoms with E-state index in [2.05, 4.69) is 10.6 Å². The average Bonchev–Trinajstić information content (AvgIpc) is 3.06. The molecule has 10 nitrogen and oxygen atoms in total. The molecule has 1 unspecified atom stereocenters. The first kappa shape index (κ1) is 21.8. The van der Waals surface area contributed by atoms with Crippen LogP contribution >= 0.6 is 0 Å². The molecule has 2 atom stereocenters. The van der Waals surface area contributed by atoms with E-state index in [1.165, 1.54) is 4.90 Å². The zero-order valence-corrected chi connectivity index (χ0v) is 17.4. The van der Waals surface area contributed by atoms with E-state index in [-0.39, 0.29) is 24.6 Å². The lowest BCUT2D eigenvalue weighted by atomic mass is 10.1. The number of hydrogen-bond donors (Lipinski definition) is 2. The van der Waals surface area contributed by atoms with E-state index >= 15 is 0 Å². The molecule has 3 rings (SSSR count). The van der Waals surface area contributed by atoms with Gasteiger partial charge >= 0.3 is 17.8 Å². The number of hydrogen-bond acceptors (Lipinski definition) is 6. The Hall–Kier alpha value is -2.95. The molecular formula is C19H24N4O6S. The van der Waals surface area contributed by atoms with Gasteiger partial charge in [0, 0.05) is 25.7 Å². The van der Waals surface area contributed by atoms with Gasteiger partial charge < -0.3 is 15.5 Å². The summed E-state index contributed by atoms with van der Waals surface area (Å²) < 4.78 is 23.3. The summed E-state index contributed by atoms with van der Waals surface area (Å²) >= 11 is 0. The van der Waals surface area contributed by atoms with Crippen LogP contribution in [0.1, 0.15) is 24.9 Å². The molecule has 1 aromatic carbocycles. The molecule has 0 aliphatic carbocycles. The van der Waals surface area contributed by atoms with Crippen molar-refractivity contribution in [3.05, 3.63) is 35.9 Å². The van der Waals surface area contributed by atoms with Crippen LogP contribution in [-0.2, 0) is 24.2 Å². The molecule has 0 radical (unpaired) electrons. The van der Waals surface area contributed by atoms with Gasteiger partial charge in [-0.05, 0) is 18.9 Å². The van der Waals surface area contributed by atoms with Crippen LogP contribution in [0.3, 0.4) is 0 Å². The monoisotopic (exact) mass is 436 g/mol. The Morgan fingerprint density at radius 3 is 2.43 bits per heavy atom. The van der Waals surface area contributed by atoms with Crippen LogP contribution in [0.4, 0.5) is 4.79 Å². The van der Waals surface area contributed by atoms with Gasteiger partial charge in [0.1, 0.15) is 6.04 Å². The third kappa shape index (κ3) is 4.78. The number of nitrogens with one attached hydrogen (secondary N) is 2. The first-order chi connectivity index (χ1) is 14.2. The molecule has 1 aromatic rings. The van der Waals surface area contributed by atoms with E-state index < -0.39 is 45.7 Å². The highest BCUT2D eigenvalue weighted by molar-refractivity contribution is 7.91. The van der Waals surface area contributed by atoms with Crippen LogP contribution in [0.15, 0.2) is 30.3 Å². The molecule has 30 heavy (non-hydrogen) atoms. The molecule has 2 heterocycles. The summed E-state index contributed by atoms with van der Waals surface area (Å²) in [6, 6.07) is 5.86. The van der Waals surface area contributed by atoms with Crippen LogP contribution in [0.5, 0.6) is 0 Å². The molecule has 2 saturated heterocycles. The second-order valence-corrected chi connectivity index (χ2v) is 9.47. The molecule has 0 saturated carbocycles. The Balaban J connectivity index is 1.75. The number of piperazine rings is 1. The highest BCUT2D eigenvalue weighted by Crippen LogP contribution is 2.17. The number of benzene rings is 1. The summed E-state index contributed by atoms with van der Waals surface area (Å²) in [7, 11) is -3.19. The average molecular weight is 436 g/mol. The van der Waals surface area contributed by atoms with Gasteiger partial charge in [-0.15, -0.1) is 0 Å². The van der Waals surface area contributed by atoms with E-state index in [4.69, 9.17) is 0 Å². The fourth-order valence-electron chi connectivity index (χ4n) is 3.51. The van der Waals surface area contributed by atoms with Gasteiger partial charge in [-0.25, -0.2) is 13.2 Å². The first-order valence-electron chi connectivity index (χ1n) is 9.69. The van der Waals surface area contributed by atoms with Crippen LogP contribution in [0, 0.1) is 0 Å². The summed E-state index contributed by atoms with van der Waals surface area (Å²) in [6.07, 6.45) is 0.301. The summed E-state index contributed by atoms with van der Waals surface area (Å²) in [4.78, 5) is 52.1. The van der Waals surface area contributed by atoms with E-state index in [1.807, 2.05) is 0 Å². The van der Waals surface area contributed by atoms with Crippen molar-refractivity contribution >= 4 is 33.6 Å². The number of sulfone groups is 1. The Labute approximate surface area is 174 Å². The second-order valence-electron chi connectivity index (χ2n) is 7.24. The molecular weight excluding hydrogens is 412 g/mol. The molecule has 0 aromatic heterocycles.